The van der Waals surface area contributed by atoms with Gasteiger partial charge >= 0.3 is 17.1 Å². The molecule has 3 saturated heterocycles. The third-order valence-corrected chi connectivity index (χ3v) is 9.89. The number of nitrogen functional groups attached to an aromatic ring is 2. The highest BCUT2D eigenvalue weighted by Crippen LogP contribution is 2.57. The van der Waals surface area contributed by atoms with Crippen molar-refractivity contribution in [3.05, 3.63) is 29.3 Å². The summed E-state index contributed by atoms with van der Waals surface area (Å²) in [6.45, 7) is -5.94. The molecule has 7 rings (SSSR count). The minimum absolute atomic E-state index is 0.00891. The number of nitrogens with zero attached hydrogens (tertiary/aromatic N) is 7. The second kappa shape index (κ2) is 10.9. The van der Waals surface area contributed by atoms with Gasteiger partial charge in [-0.2, -0.15) is 18.1 Å². The Labute approximate surface area is 254 Å². The Hall–Kier alpha value is -3.35. The first-order valence-electron chi connectivity index (χ1n) is 12.9. The summed E-state index contributed by atoms with van der Waals surface area (Å²) >= 11 is 3.94. The molecule has 9 atom stereocenters. The van der Waals surface area contributed by atoms with Crippen molar-refractivity contribution in [2.75, 3.05) is 24.6 Å². The number of halogens is 2. The maximum Gasteiger partial charge on any atom is 0.386 e. The van der Waals surface area contributed by atoms with Gasteiger partial charge in [-0.15, -0.1) is 0 Å². The van der Waals surface area contributed by atoms with Crippen molar-refractivity contribution in [2.45, 2.75) is 49.2 Å². The summed E-state index contributed by atoms with van der Waals surface area (Å²) in [5.41, 5.74) is 10.6. The fourth-order valence-corrected chi connectivity index (χ4v) is 7.72. The predicted octanol–water partition coefficient (Wildman–Crippen LogP) is -0.732. The highest BCUT2D eigenvalue weighted by molar-refractivity contribution is 8.44. The number of imidazole rings is 2. The Morgan fingerprint density at radius 3 is 2.40 bits per heavy atom. The fourth-order valence-electron chi connectivity index (χ4n) is 5.28. The summed E-state index contributed by atoms with van der Waals surface area (Å²) in [6.07, 6.45) is -10.7. The monoisotopic (exact) mass is 693 g/mol. The smallest absolute Gasteiger partial charge is 0.382 e. The summed E-state index contributed by atoms with van der Waals surface area (Å²) < 4.78 is 103. The molecule has 0 aliphatic carbocycles. The number of thiol groups is 1. The van der Waals surface area contributed by atoms with E-state index in [0.717, 1.165) is 21.8 Å². The molecule has 20 nitrogen and oxygen atoms in total. The van der Waals surface area contributed by atoms with E-state index in [4.69, 9.17) is 34.2 Å². The van der Waals surface area contributed by atoms with E-state index in [0.29, 0.717) is 0 Å². The van der Waals surface area contributed by atoms with Crippen LogP contribution in [0.4, 0.5) is 20.5 Å². The van der Waals surface area contributed by atoms with Crippen molar-refractivity contribution in [1.82, 2.24) is 43.8 Å². The predicted molar refractivity (Wildman–Crippen MR) is 149 cm³/mol. The number of aromatic amines is 1. The number of hydrogen-bond acceptors (Lipinski definition) is 16. The van der Waals surface area contributed by atoms with Crippen molar-refractivity contribution in [3.63, 3.8) is 0 Å². The fraction of sp³-hybridized carbons (Fsp3) is 0.500. The topological polar surface area (TPSA) is 269 Å². The number of rotatable bonds is 2. The second-order valence-electron chi connectivity index (χ2n) is 10.1. The van der Waals surface area contributed by atoms with Gasteiger partial charge in [-0.3, -0.25) is 28.0 Å². The van der Waals surface area contributed by atoms with Crippen LogP contribution >= 0.6 is 19.0 Å². The van der Waals surface area contributed by atoms with Crippen LogP contribution in [0, 0.1) is 0 Å². The number of alkyl halides is 2. The zero-order valence-corrected chi connectivity index (χ0v) is 24.9. The summed E-state index contributed by atoms with van der Waals surface area (Å²) in [5, 5.41) is 0. The molecule has 3 fully saturated rings. The highest BCUT2D eigenvalue weighted by Gasteiger charge is 2.53. The quantitative estimate of drug-likeness (QED) is 0.128. The zero-order valence-electron chi connectivity index (χ0n) is 22.3. The molecule has 242 valence electrons. The van der Waals surface area contributed by atoms with Gasteiger partial charge in [0.05, 0.1) is 19.3 Å². The van der Waals surface area contributed by atoms with Crippen LogP contribution in [-0.2, 0) is 37.6 Å². The normalized spacial score (nSPS) is 35.5. The Balaban J connectivity index is 1.17. The van der Waals surface area contributed by atoms with Gasteiger partial charge in [0, 0.05) is 6.54 Å². The van der Waals surface area contributed by atoms with E-state index in [1.165, 1.54) is 6.33 Å². The van der Waals surface area contributed by atoms with E-state index in [-0.39, 0.29) is 34.1 Å². The van der Waals surface area contributed by atoms with E-state index >= 15 is 8.78 Å². The van der Waals surface area contributed by atoms with Crippen LogP contribution < -0.4 is 21.7 Å². The lowest BCUT2D eigenvalue weighted by Crippen LogP contribution is -2.44. The number of H-pyrrole nitrogens is 1. The zero-order chi connectivity index (χ0) is 31.8. The molecule has 3 aliphatic heterocycles. The molecule has 0 radical (unpaired) electrons. The molecule has 0 unspecified atom stereocenters. The number of nitrogens with one attached hydrogen (secondary N) is 2. The summed E-state index contributed by atoms with van der Waals surface area (Å²) in [5.74, 6) is -0.280. The Kier molecular flexibility index (Phi) is 7.33. The first-order valence-corrected chi connectivity index (χ1v) is 17.0. The summed E-state index contributed by atoms with van der Waals surface area (Å²) in [4.78, 5) is 34.2. The maximum absolute atomic E-state index is 15.9. The number of anilines is 2. The van der Waals surface area contributed by atoms with Crippen LogP contribution in [0.1, 0.15) is 12.5 Å². The first kappa shape index (κ1) is 30.3. The molecule has 7 heterocycles. The van der Waals surface area contributed by atoms with Gasteiger partial charge in [-0.05, 0) is 0 Å². The van der Waals surface area contributed by atoms with E-state index in [1.807, 2.05) is 0 Å². The average molecular weight is 694 g/mol. The average Bonchev–Trinajstić information content (AvgIpc) is 3.72. The molecule has 0 bridgehead atoms. The standard InChI is InChI=1S/C20H22F2N11O9PS2/c21-8-12-6(39-18(8)33-5-28-11-16(33)30-20(24)31-17(11)34)1-29-45(36,37)42-13-7(2-38-43(35,44)41-12)40-19(9(13)22)32-4-27-10-14(23)25-3-26-15(10)32/h3-9,12-13,18-19,29H,1-2H2,(H,35,44)(H2,23,25,26)(H3,24,30,31,34)/t6-,7-,8-,9-,12-,13-,18-,19-,43-/m1/s1. The molecule has 45 heavy (non-hydrogen) atoms. The Morgan fingerprint density at radius 2 is 1.64 bits per heavy atom. The Morgan fingerprint density at radius 1 is 0.978 bits per heavy atom. The van der Waals surface area contributed by atoms with Gasteiger partial charge in [0.25, 0.3) is 5.56 Å². The van der Waals surface area contributed by atoms with E-state index in [2.05, 4.69) is 46.9 Å². The lowest BCUT2D eigenvalue weighted by atomic mass is 10.1. The lowest BCUT2D eigenvalue weighted by molar-refractivity contribution is -0.0434. The van der Waals surface area contributed by atoms with E-state index in [9.17, 15) is 17.8 Å². The van der Waals surface area contributed by atoms with Gasteiger partial charge < -0.3 is 20.9 Å². The number of nitrogens with two attached hydrogens (primary N) is 2. The van der Waals surface area contributed by atoms with Crippen molar-refractivity contribution in [3.8, 4) is 0 Å². The number of fused-ring (bicyclic) bond motifs is 4. The van der Waals surface area contributed by atoms with Crippen LogP contribution in [0.5, 0.6) is 0 Å². The molecule has 0 spiro atoms. The third kappa shape index (κ3) is 5.34. The molecule has 0 aromatic carbocycles. The highest BCUT2D eigenvalue weighted by atomic mass is 32.7. The molecule has 4 aromatic heterocycles. The van der Waals surface area contributed by atoms with Crippen LogP contribution in [0.3, 0.4) is 0 Å². The van der Waals surface area contributed by atoms with E-state index in [1.54, 1.807) is 0 Å². The van der Waals surface area contributed by atoms with Gasteiger partial charge in [0.1, 0.15) is 36.3 Å². The lowest BCUT2D eigenvalue weighted by Gasteiger charge is -2.26. The Bertz CT molecular complexity index is 2010. The van der Waals surface area contributed by atoms with Crippen LogP contribution in [0.25, 0.3) is 22.3 Å². The molecule has 0 saturated carbocycles. The third-order valence-electron chi connectivity index (χ3n) is 7.28. The van der Waals surface area contributed by atoms with Gasteiger partial charge in [-0.25, -0.2) is 37.5 Å². The summed E-state index contributed by atoms with van der Waals surface area (Å²) in [6, 6.07) is 0. The molecule has 3 aliphatic rings. The van der Waals surface area contributed by atoms with Crippen molar-refractivity contribution >= 4 is 63.4 Å². The molecule has 4 aromatic rings. The van der Waals surface area contributed by atoms with Gasteiger partial charge in [0.2, 0.25) is 5.95 Å². The van der Waals surface area contributed by atoms with Crippen molar-refractivity contribution in [1.29, 1.82) is 0 Å². The first-order chi connectivity index (χ1) is 21.3. The van der Waals surface area contributed by atoms with Crippen LogP contribution in [-0.4, -0.2) is 97.4 Å². The second-order valence-corrected chi connectivity index (χ2v) is 14.3. The molecular weight excluding hydrogens is 671 g/mol. The minimum atomic E-state index is -4.78. The maximum atomic E-state index is 15.9. The molecule has 6 N–H and O–H groups in total. The van der Waals surface area contributed by atoms with Gasteiger partial charge in [0.15, 0.2) is 47.4 Å². The van der Waals surface area contributed by atoms with Crippen molar-refractivity contribution < 1.29 is 44.5 Å². The number of ether oxygens (including phenoxy) is 2. The van der Waals surface area contributed by atoms with Crippen LogP contribution in [0.2, 0.25) is 0 Å². The molecule has 25 heteroatoms. The van der Waals surface area contributed by atoms with Gasteiger partial charge in [-0.1, -0.05) is 12.2 Å². The largest absolute Gasteiger partial charge is 0.386 e. The number of aromatic nitrogens is 8. The summed E-state index contributed by atoms with van der Waals surface area (Å²) in [7, 11) is -4.78. The van der Waals surface area contributed by atoms with E-state index < -0.39 is 85.0 Å². The molecule has 0 amide bonds. The SMILES string of the molecule is Nc1nc2c(ncn2[C@@H]2O[C@@H]3CNS(=O)(=O)O[C@H]4[C@@H](F)[C@H](n5cnc6c(N)ncnc65)O[C@@H]4CO[P@@](=O)(S)O[C@H]3[C@H]2F)c(=O)[nH]1. The van der Waals surface area contributed by atoms with Crippen LogP contribution in [0.15, 0.2) is 23.8 Å². The molecular formula is C20H22F2N11O9PS2. The minimum Gasteiger partial charge on any atom is -0.382 e. The van der Waals surface area contributed by atoms with Crippen molar-refractivity contribution in [2.24, 2.45) is 0 Å². The number of hydrogen-bond donors (Lipinski definition) is 5.